The monoisotopic (exact) mass is 257 g/mol. The lowest BCUT2D eigenvalue weighted by Gasteiger charge is -2.25. The Kier molecular flexibility index (Phi) is 5.83. The molecule has 0 aliphatic carbocycles. The van der Waals surface area contributed by atoms with Crippen LogP contribution in [0.5, 0.6) is 0 Å². The Bertz CT molecular complexity index is 279. The van der Waals surface area contributed by atoms with Crippen LogP contribution in [0.4, 0.5) is 0 Å². The van der Waals surface area contributed by atoms with Crippen LogP contribution in [-0.2, 0) is 0 Å². The van der Waals surface area contributed by atoms with Crippen LogP contribution in [0.15, 0.2) is 16.9 Å². The number of hydrogen-bond acceptors (Lipinski definition) is 3. The smallest absolute Gasteiger partial charge is 0.157 e. The van der Waals surface area contributed by atoms with E-state index in [0.29, 0.717) is 5.82 Å². The second-order valence-corrected chi connectivity index (χ2v) is 5.41. The largest absolute Gasteiger partial charge is 0.385 e. The zero-order chi connectivity index (χ0) is 12.7. The highest BCUT2D eigenvalue weighted by Crippen LogP contribution is 2.29. The van der Waals surface area contributed by atoms with Crippen molar-refractivity contribution in [1.29, 1.82) is 0 Å². The lowest BCUT2D eigenvalue weighted by molar-refractivity contribution is 0.543. The van der Waals surface area contributed by atoms with E-state index in [9.17, 15) is 0 Å². The third-order valence-electron chi connectivity index (χ3n) is 2.94. The Hall–Kier alpha value is -0.700. The van der Waals surface area contributed by atoms with Crippen molar-refractivity contribution in [2.75, 3.05) is 0 Å². The summed E-state index contributed by atoms with van der Waals surface area (Å²) in [7, 11) is 0. The van der Waals surface area contributed by atoms with Crippen molar-refractivity contribution in [2.45, 2.75) is 63.8 Å². The molecule has 0 aromatic heterocycles. The summed E-state index contributed by atoms with van der Waals surface area (Å²) in [4.78, 5) is 3.79. The quantitative estimate of drug-likeness (QED) is 0.417. The van der Waals surface area contributed by atoms with Crippen LogP contribution in [0.1, 0.15) is 58.8 Å². The Morgan fingerprint density at radius 3 is 2.59 bits per heavy atom. The summed E-state index contributed by atoms with van der Waals surface area (Å²) in [5.74, 6) is 1.41. The fourth-order valence-electron chi connectivity index (χ4n) is 2.10. The molecule has 0 fully saturated rings. The Labute approximate surface area is 110 Å². The van der Waals surface area contributed by atoms with Gasteiger partial charge < -0.3 is 11.1 Å². The minimum atomic E-state index is -0.621. The van der Waals surface area contributed by atoms with E-state index in [1.165, 1.54) is 32.1 Å². The molecule has 1 atom stereocenters. The third-order valence-corrected chi connectivity index (χ3v) is 3.32. The lowest BCUT2D eigenvalue weighted by atomic mass is 10.0. The molecule has 1 unspecified atom stereocenters. The number of alkyl halides is 1. The molecule has 4 heteroatoms. The van der Waals surface area contributed by atoms with Gasteiger partial charge in [-0.15, -0.1) is 0 Å². The van der Waals surface area contributed by atoms with Gasteiger partial charge >= 0.3 is 0 Å². The Balaban J connectivity index is 2.27. The molecule has 0 amide bonds. The molecule has 0 radical (unpaired) electrons. The van der Waals surface area contributed by atoms with Crippen LogP contribution in [0.25, 0.3) is 0 Å². The maximum Gasteiger partial charge on any atom is 0.157 e. The zero-order valence-corrected chi connectivity index (χ0v) is 11.7. The predicted molar refractivity (Wildman–Crippen MR) is 75.1 cm³/mol. The number of amidine groups is 1. The molecule has 0 bridgehead atoms. The number of hydrogen-bond donors (Lipinski definition) is 2. The molecule has 1 aliphatic rings. The summed E-state index contributed by atoms with van der Waals surface area (Å²) in [6.07, 6.45) is 10.2. The fraction of sp³-hybridized carbons (Fsp3) is 0.769. The molecule has 3 N–H and O–H groups in total. The first-order valence-corrected chi connectivity index (χ1v) is 6.94. The van der Waals surface area contributed by atoms with Crippen molar-refractivity contribution in [1.82, 2.24) is 5.32 Å². The molecule has 3 nitrogen and oxygen atoms in total. The average molecular weight is 258 g/mol. The first-order chi connectivity index (χ1) is 8.06. The second-order valence-electron chi connectivity index (χ2n) is 4.76. The van der Waals surface area contributed by atoms with Gasteiger partial charge in [-0.25, -0.2) is 4.99 Å². The van der Waals surface area contributed by atoms with E-state index < -0.39 is 5.00 Å². The van der Waals surface area contributed by atoms with Crippen LogP contribution in [0.2, 0.25) is 0 Å². The molecular weight excluding hydrogens is 234 g/mol. The minimum absolute atomic E-state index is 0.610. The summed E-state index contributed by atoms with van der Waals surface area (Å²) in [6.45, 7) is 4.12. The number of rotatable bonds is 7. The van der Waals surface area contributed by atoms with Crippen molar-refractivity contribution in [3.63, 3.8) is 0 Å². The van der Waals surface area contributed by atoms with Crippen molar-refractivity contribution < 1.29 is 0 Å². The Morgan fingerprint density at radius 2 is 1.94 bits per heavy atom. The summed E-state index contributed by atoms with van der Waals surface area (Å²) in [6, 6.07) is 0. The first kappa shape index (κ1) is 14.4. The number of unbranched alkanes of at least 4 members (excludes halogenated alkanes) is 5. The standard InChI is InChI=1S/C13H24ClN3/c1-3-4-5-6-7-8-9-13(14)10-12(15)16-11(2)17-13/h10H,3-9,15H2,1-2H3,(H,16,17). The maximum atomic E-state index is 6.42. The van der Waals surface area contributed by atoms with E-state index in [1.807, 2.05) is 13.0 Å². The van der Waals surface area contributed by atoms with E-state index in [1.54, 1.807) is 0 Å². The van der Waals surface area contributed by atoms with Gasteiger partial charge in [0.2, 0.25) is 0 Å². The number of nitrogens with zero attached hydrogens (tertiary/aromatic N) is 1. The molecule has 1 aliphatic heterocycles. The van der Waals surface area contributed by atoms with Crippen molar-refractivity contribution in [3.8, 4) is 0 Å². The highest BCUT2D eigenvalue weighted by Gasteiger charge is 2.26. The molecule has 0 aromatic carbocycles. The summed E-state index contributed by atoms with van der Waals surface area (Å²) in [5.41, 5.74) is 5.76. The zero-order valence-electron chi connectivity index (χ0n) is 10.9. The second kappa shape index (κ2) is 6.90. The molecule has 0 saturated carbocycles. The van der Waals surface area contributed by atoms with Gasteiger partial charge in [-0.2, -0.15) is 0 Å². The van der Waals surface area contributed by atoms with Gasteiger partial charge in [0.15, 0.2) is 5.00 Å². The van der Waals surface area contributed by atoms with Gasteiger partial charge in [-0.3, -0.25) is 0 Å². The van der Waals surface area contributed by atoms with Crippen molar-refractivity contribution >= 4 is 17.4 Å². The van der Waals surface area contributed by atoms with E-state index in [4.69, 9.17) is 17.3 Å². The van der Waals surface area contributed by atoms with Gasteiger partial charge in [0.05, 0.1) is 0 Å². The van der Waals surface area contributed by atoms with Crippen LogP contribution < -0.4 is 11.1 Å². The number of nitrogens with one attached hydrogen (secondary N) is 1. The molecule has 17 heavy (non-hydrogen) atoms. The Morgan fingerprint density at radius 1 is 1.29 bits per heavy atom. The van der Waals surface area contributed by atoms with Gasteiger partial charge in [0.25, 0.3) is 0 Å². The highest BCUT2D eigenvalue weighted by atomic mass is 35.5. The molecule has 1 heterocycles. The third kappa shape index (κ3) is 5.44. The topological polar surface area (TPSA) is 50.4 Å². The number of halogens is 1. The molecule has 0 saturated heterocycles. The molecule has 0 aromatic rings. The molecule has 1 rings (SSSR count). The van der Waals surface area contributed by atoms with E-state index in [-0.39, 0.29) is 0 Å². The van der Waals surface area contributed by atoms with Gasteiger partial charge in [-0.1, -0.05) is 50.6 Å². The SMILES string of the molecule is CCCCCCCCC1(Cl)C=C(N)NC(C)=N1. The normalized spacial score (nSPS) is 23.9. The van der Waals surface area contributed by atoms with E-state index in [0.717, 1.165) is 18.7 Å². The van der Waals surface area contributed by atoms with Crippen molar-refractivity contribution in [3.05, 3.63) is 11.9 Å². The molecule has 0 spiro atoms. The fourth-order valence-corrected chi connectivity index (χ4v) is 2.48. The minimum Gasteiger partial charge on any atom is -0.385 e. The van der Waals surface area contributed by atoms with Crippen LogP contribution >= 0.6 is 11.6 Å². The van der Waals surface area contributed by atoms with Gasteiger partial charge in [0.1, 0.15) is 11.7 Å². The first-order valence-electron chi connectivity index (χ1n) is 6.56. The summed E-state index contributed by atoms with van der Waals surface area (Å²) < 4.78 is 0. The van der Waals surface area contributed by atoms with E-state index >= 15 is 0 Å². The maximum absolute atomic E-state index is 6.42. The number of nitrogens with two attached hydrogens (primary N) is 1. The highest BCUT2D eigenvalue weighted by molar-refractivity contribution is 6.26. The summed E-state index contributed by atoms with van der Waals surface area (Å²) >= 11 is 6.42. The van der Waals surface area contributed by atoms with Crippen LogP contribution in [-0.4, -0.2) is 10.8 Å². The van der Waals surface area contributed by atoms with Gasteiger partial charge in [-0.05, 0) is 25.8 Å². The predicted octanol–water partition coefficient (Wildman–Crippen LogP) is 3.49. The average Bonchev–Trinajstić information content (AvgIpc) is 2.21. The molecule has 98 valence electrons. The van der Waals surface area contributed by atoms with Crippen LogP contribution in [0, 0.1) is 0 Å². The number of aliphatic imine (C=N–C) groups is 1. The van der Waals surface area contributed by atoms with Crippen molar-refractivity contribution in [2.24, 2.45) is 10.7 Å². The molecular formula is C13H24ClN3. The lowest BCUT2D eigenvalue weighted by Crippen LogP contribution is -2.35. The summed E-state index contributed by atoms with van der Waals surface area (Å²) in [5, 5.41) is 2.96. The van der Waals surface area contributed by atoms with Gasteiger partial charge in [0, 0.05) is 0 Å². The van der Waals surface area contributed by atoms with E-state index in [2.05, 4.69) is 17.2 Å². The van der Waals surface area contributed by atoms with Crippen LogP contribution in [0.3, 0.4) is 0 Å².